The predicted octanol–water partition coefficient (Wildman–Crippen LogP) is 2.70. The summed E-state index contributed by atoms with van der Waals surface area (Å²) in [5.41, 5.74) is -0.554. The summed E-state index contributed by atoms with van der Waals surface area (Å²) in [7, 11) is 0. The van der Waals surface area contributed by atoms with Crippen LogP contribution in [0, 0.1) is 11.2 Å². The second-order valence-electron chi connectivity index (χ2n) is 6.36. The number of anilines is 1. The number of nitrogens with one attached hydrogen (secondary N) is 2. The van der Waals surface area contributed by atoms with Crippen LogP contribution in [-0.2, 0) is 14.4 Å². The molecule has 0 spiro atoms. The van der Waals surface area contributed by atoms with Gasteiger partial charge in [0.15, 0.2) is 0 Å². The molecule has 0 aliphatic heterocycles. The number of halogens is 1. The van der Waals surface area contributed by atoms with Crippen molar-refractivity contribution in [3.8, 4) is 0 Å². The van der Waals surface area contributed by atoms with E-state index in [-0.39, 0.29) is 24.1 Å². The van der Waals surface area contributed by atoms with E-state index in [0.717, 1.165) is 19.3 Å². The van der Waals surface area contributed by atoms with Crippen LogP contribution in [-0.4, -0.2) is 29.4 Å². The number of hydrogen-bond acceptors (Lipinski definition) is 3. The molecule has 0 heterocycles. The van der Waals surface area contributed by atoms with Gasteiger partial charge < -0.3 is 15.7 Å². The summed E-state index contributed by atoms with van der Waals surface area (Å²) in [6.07, 6.45) is 4.20. The van der Waals surface area contributed by atoms with Crippen molar-refractivity contribution >= 4 is 23.5 Å². The number of carbonyl (C=O) groups excluding carboxylic acids is 2. The molecule has 0 unspecified atom stereocenters. The third-order valence-corrected chi connectivity index (χ3v) is 4.32. The van der Waals surface area contributed by atoms with E-state index in [1.54, 1.807) is 0 Å². The Hall–Kier alpha value is -2.44. The van der Waals surface area contributed by atoms with Crippen LogP contribution >= 0.6 is 0 Å². The molecule has 3 N–H and O–H groups in total. The summed E-state index contributed by atoms with van der Waals surface area (Å²) in [6, 6.07) is 5.41. The second kappa shape index (κ2) is 8.60. The summed E-state index contributed by atoms with van der Waals surface area (Å²) in [5, 5.41) is 14.0. The van der Waals surface area contributed by atoms with E-state index in [1.165, 1.54) is 24.3 Å². The highest BCUT2D eigenvalue weighted by Gasteiger charge is 2.56. The van der Waals surface area contributed by atoms with Crippen molar-refractivity contribution in [3.05, 3.63) is 30.1 Å². The van der Waals surface area contributed by atoms with Gasteiger partial charge >= 0.3 is 5.97 Å². The lowest BCUT2D eigenvalue weighted by atomic mass is 10.0. The maximum Gasteiger partial charge on any atom is 0.303 e. The van der Waals surface area contributed by atoms with E-state index in [0.29, 0.717) is 31.5 Å². The Morgan fingerprint density at radius 1 is 1.00 bits per heavy atom. The Bertz CT molecular complexity index is 626. The zero-order valence-corrected chi connectivity index (χ0v) is 14.0. The SMILES string of the molecule is O=C(O)CCCCCCNC(=O)C1(C(=O)Nc2ccc(F)cc2)CC1. The van der Waals surface area contributed by atoms with Crippen molar-refractivity contribution in [3.63, 3.8) is 0 Å². The molecule has 2 amide bonds. The number of amides is 2. The minimum atomic E-state index is -1.02. The van der Waals surface area contributed by atoms with Crippen LogP contribution in [0.4, 0.5) is 10.1 Å². The molecule has 0 saturated heterocycles. The van der Waals surface area contributed by atoms with Crippen molar-refractivity contribution in [2.75, 3.05) is 11.9 Å². The highest BCUT2D eigenvalue weighted by molar-refractivity contribution is 6.13. The molecule has 1 saturated carbocycles. The Labute approximate surface area is 145 Å². The van der Waals surface area contributed by atoms with E-state index < -0.39 is 11.4 Å². The van der Waals surface area contributed by atoms with Gasteiger partial charge in [-0.25, -0.2) is 4.39 Å². The number of hydrogen-bond donors (Lipinski definition) is 3. The maximum absolute atomic E-state index is 12.9. The van der Waals surface area contributed by atoms with Crippen LogP contribution in [0.25, 0.3) is 0 Å². The molecular weight excluding hydrogens is 327 g/mol. The van der Waals surface area contributed by atoms with Crippen molar-refractivity contribution in [1.82, 2.24) is 5.32 Å². The van der Waals surface area contributed by atoms with Crippen LogP contribution in [0.1, 0.15) is 44.9 Å². The van der Waals surface area contributed by atoms with Gasteiger partial charge in [0.2, 0.25) is 11.8 Å². The molecule has 0 bridgehead atoms. The van der Waals surface area contributed by atoms with Crippen LogP contribution in [0.2, 0.25) is 0 Å². The van der Waals surface area contributed by atoms with Crippen molar-refractivity contribution in [2.24, 2.45) is 5.41 Å². The van der Waals surface area contributed by atoms with Gasteiger partial charge in [0.1, 0.15) is 11.2 Å². The quantitative estimate of drug-likeness (QED) is 0.446. The largest absolute Gasteiger partial charge is 0.481 e. The number of carbonyl (C=O) groups is 3. The molecule has 0 atom stereocenters. The lowest BCUT2D eigenvalue weighted by molar-refractivity contribution is -0.137. The standard InChI is InChI=1S/C18H23FN2O4/c19-13-6-8-14(9-7-13)21-17(25)18(10-11-18)16(24)20-12-4-2-1-3-5-15(22)23/h6-9H,1-5,10-12H2,(H,20,24)(H,21,25)(H,22,23). The first-order chi connectivity index (χ1) is 11.9. The van der Waals surface area contributed by atoms with Gasteiger partial charge in [-0.15, -0.1) is 0 Å². The van der Waals surface area contributed by atoms with E-state index >= 15 is 0 Å². The molecule has 0 aromatic heterocycles. The summed E-state index contributed by atoms with van der Waals surface area (Å²) in [5.74, 6) is -1.83. The summed E-state index contributed by atoms with van der Waals surface area (Å²) in [6.45, 7) is 0.470. The Morgan fingerprint density at radius 3 is 2.24 bits per heavy atom. The summed E-state index contributed by atoms with van der Waals surface area (Å²) < 4.78 is 12.9. The van der Waals surface area contributed by atoms with Gasteiger partial charge in [-0.2, -0.15) is 0 Å². The van der Waals surface area contributed by atoms with Gasteiger partial charge in [0.05, 0.1) is 0 Å². The lowest BCUT2D eigenvalue weighted by Gasteiger charge is -2.15. The first-order valence-electron chi connectivity index (χ1n) is 8.51. The van der Waals surface area contributed by atoms with Crippen LogP contribution in [0.15, 0.2) is 24.3 Å². The van der Waals surface area contributed by atoms with Gasteiger partial charge in [0.25, 0.3) is 0 Å². The van der Waals surface area contributed by atoms with E-state index in [2.05, 4.69) is 10.6 Å². The molecule has 2 rings (SSSR count). The van der Waals surface area contributed by atoms with Gasteiger partial charge in [-0.1, -0.05) is 12.8 Å². The monoisotopic (exact) mass is 350 g/mol. The number of benzene rings is 1. The van der Waals surface area contributed by atoms with Crippen molar-refractivity contribution < 1.29 is 23.9 Å². The predicted molar refractivity (Wildman–Crippen MR) is 90.4 cm³/mol. The van der Waals surface area contributed by atoms with Gasteiger partial charge in [-0.05, 0) is 49.9 Å². The first-order valence-corrected chi connectivity index (χ1v) is 8.51. The lowest BCUT2D eigenvalue weighted by Crippen LogP contribution is -2.40. The normalized spacial score (nSPS) is 14.6. The molecule has 1 aliphatic carbocycles. The van der Waals surface area contributed by atoms with E-state index in [9.17, 15) is 18.8 Å². The van der Waals surface area contributed by atoms with Crippen molar-refractivity contribution in [1.29, 1.82) is 0 Å². The third kappa shape index (κ3) is 5.55. The summed E-state index contributed by atoms with van der Waals surface area (Å²) >= 11 is 0. The number of carboxylic acid groups (broad SMARTS) is 1. The Kier molecular flexibility index (Phi) is 6.50. The van der Waals surface area contributed by atoms with Crippen LogP contribution < -0.4 is 10.6 Å². The molecule has 1 aliphatic rings. The average Bonchev–Trinajstić information content (AvgIpc) is 3.37. The minimum absolute atomic E-state index is 0.166. The summed E-state index contributed by atoms with van der Waals surface area (Å²) in [4.78, 5) is 35.0. The molecule has 7 heteroatoms. The minimum Gasteiger partial charge on any atom is -0.481 e. The molecule has 1 aromatic carbocycles. The first kappa shape index (κ1) is 18.9. The maximum atomic E-state index is 12.9. The molecule has 0 radical (unpaired) electrons. The zero-order valence-electron chi connectivity index (χ0n) is 14.0. The molecule has 136 valence electrons. The Morgan fingerprint density at radius 2 is 1.64 bits per heavy atom. The molecule has 6 nitrogen and oxygen atoms in total. The van der Waals surface area contributed by atoms with Gasteiger partial charge in [0, 0.05) is 18.7 Å². The van der Waals surface area contributed by atoms with E-state index in [1.807, 2.05) is 0 Å². The molecule has 1 aromatic rings. The molecule has 25 heavy (non-hydrogen) atoms. The van der Waals surface area contributed by atoms with Gasteiger partial charge in [-0.3, -0.25) is 14.4 Å². The molecular formula is C18H23FN2O4. The topological polar surface area (TPSA) is 95.5 Å². The number of unbranched alkanes of at least 4 members (excludes halogenated alkanes) is 3. The van der Waals surface area contributed by atoms with Crippen LogP contribution in [0.5, 0.6) is 0 Å². The second-order valence-corrected chi connectivity index (χ2v) is 6.36. The van der Waals surface area contributed by atoms with E-state index in [4.69, 9.17) is 5.11 Å². The number of aliphatic carboxylic acids is 1. The highest BCUT2D eigenvalue weighted by atomic mass is 19.1. The third-order valence-electron chi connectivity index (χ3n) is 4.32. The molecule has 1 fully saturated rings. The van der Waals surface area contributed by atoms with Crippen LogP contribution in [0.3, 0.4) is 0 Å². The number of carboxylic acids is 1. The zero-order chi connectivity index (χ0) is 18.3. The fourth-order valence-electron chi connectivity index (χ4n) is 2.59. The highest BCUT2D eigenvalue weighted by Crippen LogP contribution is 2.46. The fourth-order valence-corrected chi connectivity index (χ4v) is 2.59. The Balaban J connectivity index is 1.70. The fraction of sp³-hybridized carbons (Fsp3) is 0.500. The van der Waals surface area contributed by atoms with Crippen molar-refractivity contribution in [2.45, 2.75) is 44.9 Å². The smallest absolute Gasteiger partial charge is 0.303 e. The average molecular weight is 350 g/mol. The number of rotatable bonds is 10.